The van der Waals surface area contributed by atoms with Crippen molar-refractivity contribution in [2.24, 2.45) is 17.8 Å². The number of nitrogens with zero attached hydrogens (tertiary/aromatic N) is 2. The molecule has 0 aromatic carbocycles. The minimum atomic E-state index is -0.881. The van der Waals surface area contributed by atoms with E-state index in [4.69, 9.17) is 10.5 Å². The lowest BCUT2D eigenvalue weighted by Crippen LogP contribution is -2.50. The zero-order valence-electron chi connectivity index (χ0n) is 9.06. The first-order valence-electron chi connectivity index (χ1n) is 5.29. The van der Waals surface area contributed by atoms with Gasteiger partial charge >= 0.3 is 0 Å². The van der Waals surface area contributed by atoms with Crippen LogP contribution < -0.4 is 5.32 Å². The average molecular weight is 219 g/mol. The van der Waals surface area contributed by atoms with Gasteiger partial charge in [0.1, 0.15) is 11.8 Å². The van der Waals surface area contributed by atoms with Gasteiger partial charge in [-0.05, 0) is 6.42 Å². The number of hydrogen-bond donors (Lipinski definition) is 1. The third-order valence-corrected chi connectivity index (χ3v) is 2.84. The zero-order chi connectivity index (χ0) is 12.1. The second kappa shape index (κ2) is 5.27. The second-order valence-electron chi connectivity index (χ2n) is 3.87. The molecular weight excluding hydrogens is 206 g/mol. The number of amides is 2. The Morgan fingerprint density at radius 2 is 1.69 bits per heavy atom. The van der Waals surface area contributed by atoms with E-state index in [1.54, 1.807) is 0 Å². The van der Waals surface area contributed by atoms with E-state index in [1.165, 1.54) is 0 Å². The number of imide groups is 1. The highest BCUT2D eigenvalue weighted by Gasteiger charge is 2.43. The van der Waals surface area contributed by atoms with Crippen LogP contribution in [0.1, 0.15) is 26.2 Å². The van der Waals surface area contributed by atoms with Crippen molar-refractivity contribution in [1.82, 2.24) is 5.32 Å². The molecule has 0 aliphatic carbocycles. The SMILES string of the molecule is CCCCC1C(C#N)C(=O)NC(=O)C1C#N. The topological polar surface area (TPSA) is 93.8 Å². The highest BCUT2D eigenvalue weighted by Crippen LogP contribution is 2.30. The molecule has 1 saturated heterocycles. The van der Waals surface area contributed by atoms with Crippen LogP contribution in [-0.4, -0.2) is 11.8 Å². The first kappa shape index (κ1) is 12.2. The minimum absolute atomic E-state index is 0.462. The summed E-state index contributed by atoms with van der Waals surface area (Å²) in [5.41, 5.74) is 0. The number of carbonyl (C=O) groups is 2. The molecule has 1 fully saturated rings. The number of piperidine rings is 1. The molecule has 0 aromatic rings. The van der Waals surface area contributed by atoms with E-state index in [-0.39, 0.29) is 0 Å². The van der Waals surface area contributed by atoms with Crippen molar-refractivity contribution in [3.8, 4) is 12.1 Å². The van der Waals surface area contributed by atoms with Gasteiger partial charge in [-0.1, -0.05) is 19.8 Å². The Bertz CT molecular complexity index is 346. The summed E-state index contributed by atoms with van der Waals surface area (Å²) in [6.07, 6.45) is 2.27. The minimum Gasteiger partial charge on any atom is -0.294 e. The zero-order valence-corrected chi connectivity index (χ0v) is 9.06. The molecule has 1 heterocycles. The van der Waals surface area contributed by atoms with E-state index in [0.29, 0.717) is 6.42 Å². The van der Waals surface area contributed by atoms with E-state index < -0.39 is 29.6 Å². The van der Waals surface area contributed by atoms with Gasteiger partial charge in [0.2, 0.25) is 11.8 Å². The summed E-state index contributed by atoms with van der Waals surface area (Å²) in [7, 11) is 0. The van der Waals surface area contributed by atoms with Gasteiger partial charge in [-0.15, -0.1) is 0 Å². The van der Waals surface area contributed by atoms with Crippen LogP contribution in [0.3, 0.4) is 0 Å². The molecule has 16 heavy (non-hydrogen) atoms. The molecule has 0 radical (unpaired) electrons. The fourth-order valence-corrected chi connectivity index (χ4v) is 1.94. The molecule has 0 spiro atoms. The predicted octanol–water partition coefficient (Wildman–Crippen LogP) is 0.729. The molecule has 0 saturated carbocycles. The molecule has 84 valence electrons. The third kappa shape index (κ3) is 2.20. The lowest BCUT2D eigenvalue weighted by atomic mass is 9.76. The second-order valence-corrected chi connectivity index (χ2v) is 3.87. The Labute approximate surface area is 94.0 Å². The fourth-order valence-electron chi connectivity index (χ4n) is 1.94. The quantitative estimate of drug-likeness (QED) is 0.708. The summed E-state index contributed by atoms with van der Waals surface area (Å²) in [4.78, 5) is 22.8. The van der Waals surface area contributed by atoms with E-state index >= 15 is 0 Å². The van der Waals surface area contributed by atoms with Crippen LogP contribution >= 0.6 is 0 Å². The molecule has 1 N–H and O–H groups in total. The number of hydrogen-bond acceptors (Lipinski definition) is 4. The largest absolute Gasteiger partial charge is 0.294 e. The van der Waals surface area contributed by atoms with E-state index in [2.05, 4.69) is 5.32 Å². The number of rotatable bonds is 3. The molecule has 5 heteroatoms. The summed E-state index contributed by atoms with van der Waals surface area (Å²) in [5.74, 6) is -3.36. The van der Waals surface area contributed by atoms with Crippen molar-refractivity contribution >= 4 is 11.8 Å². The average Bonchev–Trinajstić information content (AvgIpc) is 2.26. The van der Waals surface area contributed by atoms with Gasteiger partial charge in [0.25, 0.3) is 0 Å². The summed E-state index contributed by atoms with van der Waals surface area (Å²) in [5, 5.41) is 19.9. The maximum absolute atomic E-state index is 11.4. The highest BCUT2D eigenvalue weighted by atomic mass is 16.2. The van der Waals surface area contributed by atoms with Gasteiger partial charge in [-0.25, -0.2) is 0 Å². The van der Waals surface area contributed by atoms with Gasteiger partial charge in [-0.2, -0.15) is 10.5 Å². The number of nitrogens with one attached hydrogen (secondary N) is 1. The number of unbranched alkanes of at least 4 members (excludes halogenated alkanes) is 1. The van der Waals surface area contributed by atoms with Crippen molar-refractivity contribution in [2.75, 3.05) is 0 Å². The molecule has 0 aromatic heterocycles. The molecule has 2 unspecified atom stereocenters. The monoisotopic (exact) mass is 219 g/mol. The van der Waals surface area contributed by atoms with Crippen LogP contribution in [0.2, 0.25) is 0 Å². The molecule has 2 amide bonds. The summed E-state index contributed by atoms with van der Waals surface area (Å²) in [6.45, 7) is 1.98. The normalized spacial score (nSPS) is 29.1. The molecule has 2 atom stereocenters. The lowest BCUT2D eigenvalue weighted by Gasteiger charge is -2.29. The standard InChI is InChI=1S/C11H13N3O2/c1-2-3-4-7-8(5-12)10(15)14-11(16)9(7)6-13/h7-9H,2-4H2,1H3,(H,14,15,16). The number of nitriles is 2. The van der Waals surface area contributed by atoms with E-state index in [0.717, 1.165) is 12.8 Å². The maximum Gasteiger partial charge on any atom is 0.244 e. The van der Waals surface area contributed by atoms with Gasteiger partial charge in [0, 0.05) is 5.92 Å². The summed E-state index contributed by atoms with van der Waals surface area (Å²) in [6, 6.07) is 3.76. The van der Waals surface area contributed by atoms with E-state index in [1.807, 2.05) is 19.1 Å². The third-order valence-electron chi connectivity index (χ3n) is 2.84. The van der Waals surface area contributed by atoms with Crippen LogP contribution in [0.25, 0.3) is 0 Å². The van der Waals surface area contributed by atoms with Crippen LogP contribution in [0.15, 0.2) is 0 Å². The highest BCUT2D eigenvalue weighted by molar-refractivity contribution is 6.02. The first-order valence-corrected chi connectivity index (χ1v) is 5.29. The molecule has 1 aliphatic heterocycles. The Hall–Kier alpha value is -1.88. The van der Waals surface area contributed by atoms with Crippen molar-refractivity contribution in [3.63, 3.8) is 0 Å². The summed E-state index contributed by atoms with van der Waals surface area (Å²) < 4.78 is 0. The molecule has 5 nitrogen and oxygen atoms in total. The molecular formula is C11H13N3O2. The molecule has 1 rings (SSSR count). The Kier molecular flexibility index (Phi) is 4.02. The van der Waals surface area contributed by atoms with Crippen molar-refractivity contribution in [3.05, 3.63) is 0 Å². The van der Waals surface area contributed by atoms with Crippen molar-refractivity contribution in [1.29, 1.82) is 10.5 Å². The molecule has 1 aliphatic rings. The van der Waals surface area contributed by atoms with Crippen LogP contribution in [-0.2, 0) is 9.59 Å². The van der Waals surface area contributed by atoms with Gasteiger partial charge in [0.15, 0.2) is 0 Å². The number of carbonyl (C=O) groups excluding carboxylic acids is 2. The Morgan fingerprint density at radius 1 is 1.19 bits per heavy atom. The summed E-state index contributed by atoms with van der Waals surface area (Å²) >= 11 is 0. The molecule has 0 bridgehead atoms. The van der Waals surface area contributed by atoms with Gasteiger partial charge in [-0.3, -0.25) is 14.9 Å². The Morgan fingerprint density at radius 3 is 2.06 bits per heavy atom. The smallest absolute Gasteiger partial charge is 0.244 e. The van der Waals surface area contributed by atoms with Crippen molar-refractivity contribution in [2.45, 2.75) is 26.2 Å². The van der Waals surface area contributed by atoms with Crippen LogP contribution in [0.5, 0.6) is 0 Å². The predicted molar refractivity (Wildman–Crippen MR) is 54.4 cm³/mol. The van der Waals surface area contributed by atoms with Gasteiger partial charge < -0.3 is 0 Å². The van der Waals surface area contributed by atoms with Gasteiger partial charge in [0.05, 0.1) is 12.1 Å². The van der Waals surface area contributed by atoms with E-state index in [9.17, 15) is 9.59 Å². The maximum atomic E-state index is 11.4. The van der Waals surface area contributed by atoms with Crippen LogP contribution in [0, 0.1) is 40.4 Å². The van der Waals surface area contributed by atoms with Crippen molar-refractivity contribution < 1.29 is 9.59 Å². The Balaban J connectivity index is 2.92. The van der Waals surface area contributed by atoms with Crippen LogP contribution in [0.4, 0.5) is 0 Å². The lowest BCUT2D eigenvalue weighted by molar-refractivity contribution is -0.140. The first-order chi connectivity index (χ1) is 7.65. The fraction of sp³-hybridized carbons (Fsp3) is 0.636.